The maximum absolute atomic E-state index is 6.38. The molecule has 0 bridgehead atoms. The average Bonchev–Trinajstić information content (AvgIpc) is 3.02. The summed E-state index contributed by atoms with van der Waals surface area (Å²) >= 11 is 12.4. The predicted octanol–water partition coefficient (Wildman–Crippen LogP) is 5.56. The van der Waals surface area contributed by atoms with Crippen LogP contribution < -0.4 is 5.32 Å². The third kappa shape index (κ3) is 2.36. The molecule has 4 aromatic rings. The Morgan fingerprint density at radius 2 is 1.85 bits per heavy atom. The first-order valence-corrected chi connectivity index (χ1v) is 8.68. The molecular weight excluding hydrogens is 369 g/mol. The number of benzene rings is 1. The van der Waals surface area contributed by atoms with Crippen LogP contribution in [0.1, 0.15) is 0 Å². The van der Waals surface area contributed by atoms with Crippen molar-refractivity contribution in [3.8, 4) is 33.9 Å². The number of imidazole rings is 1. The summed E-state index contributed by atoms with van der Waals surface area (Å²) in [6, 6.07) is 11.2. The smallest absolute Gasteiger partial charge is 0.140 e. The fraction of sp³-hybridized carbons (Fsp3) is 0. The number of H-pyrrole nitrogens is 1. The zero-order valence-electron chi connectivity index (χ0n) is 13.3. The van der Waals surface area contributed by atoms with Gasteiger partial charge in [-0.15, -0.1) is 0 Å². The van der Waals surface area contributed by atoms with Crippen molar-refractivity contribution in [2.24, 2.45) is 0 Å². The Morgan fingerprint density at radius 3 is 2.73 bits per heavy atom. The molecule has 2 N–H and O–H groups in total. The van der Waals surface area contributed by atoms with Gasteiger partial charge in [0.05, 0.1) is 22.6 Å². The third-order valence-electron chi connectivity index (χ3n) is 4.30. The van der Waals surface area contributed by atoms with Gasteiger partial charge < -0.3 is 10.3 Å². The van der Waals surface area contributed by atoms with Gasteiger partial charge >= 0.3 is 0 Å². The fourth-order valence-corrected chi connectivity index (χ4v) is 3.61. The first-order chi connectivity index (χ1) is 12.7. The monoisotopic (exact) mass is 379 g/mol. The van der Waals surface area contributed by atoms with Crippen molar-refractivity contribution in [2.75, 3.05) is 5.32 Å². The number of anilines is 2. The molecular formula is C19H11Cl2N5. The quantitative estimate of drug-likeness (QED) is 0.399. The van der Waals surface area contributed by atoms with Crippen LogP contribution >= 0.6 is 23.2 Å². The van der Waals surface area contributed by atoms with E-state index in [-0.39, 0.29) is 0 Å². The van der Waals surface area contributed by atoms with E-state index in [0.717, 1.165) is 39.6 Å². The van der Waals surface area contributed by atoms with Crippen molar-refractivity contribution >= 4 is 34.7 Å². The number of rotatable bonds is 1. The van der Waals surface area contributed by atoms with Crippen molar-refractivity contribution in [3.05, 3.63) is 65.0 Å². The van der Waals surface area contributed by atoms with Crippen molar-refractivity contribution in [3.63, 3.8) is 0 Å². The van der Waals surface area contributed by atoms with E-state index in [4.69, 9.17) is 28.2 Å². The van der Waals surface area contributed by atoms with Gasteiger partial charge in [-0.3, -0.25) is 4.98 Å². The summed E-state index contributed by atoms with van der Waals surface area (Å²) in [7, 11) is 0. The molecule has 0 amide bonds. The second-order valence-corrected chi connectivity index (χ2v) is 6.72. The Morgan fingerprint density at radius 1 is 0.923 bits per heavy atom. The van der Waals surface area contributed by atoms with E-state index in [1.165, 1.54) is 0 Å². The number of halogens is 2. The van der Waals surface area contributed by atoms with Gasteiger partial charge in [0.2, 0.25) is 0 Å². The number of fused-ring (bicyclic) bond motifs is 5. The fourth-order valence-electron chi connectivity index (χ4n) is 3.11. The predicted molar refractivity (Wildman–Crippen MR) is 104 cm³/mol. The van der Waals surface area contributed by atoms with Crippen molar-refractivity contribution in [1.82, 2.24) is 19.9 Å². The van der Waals surface area contributed by atoms with Gasteiger partial charge in [0.25, 0.3) is 0 Å². The molecule has 7 heteroatoms. The van der Waals surface area contributed by atoms with E-state index in [0.29, 0.717) is 15.9 Å². The molecule has 1 aliphatic rings. The van der Waals surface area contributed by atoms with Gasteiger partial charge in [-0.2, -0.15) is 0 Å². The average molecular weight is 380 g/mol. The number of nitrogens with zero attached hydrogens (tertiary/aromatic N) is 3. The van der Waals surface area contributed by atoms with Crippen LogP contribution in [0.25, 0.3) is 33.9 Å². The molecule has 0 aliphatic carbocycles. The first kappa shape index (κ1) is 15.4. The van der Waals surface area contributed by atoms with E-state index >= 15 is 0 Å². The molecule has 0 saturated carbocycles. The molecule has 126 valence electrons. The lowest BCUT2D eigenvalue weighted by Gasteiger charge is -2.08. The van der Waals surface area contributed by atoms with Gasteiger partial charge in [0.1, 0.15) is 17.3 Å². The Bertz CT molecular complexity index is 1090. The molecule has 0 fully saturated rings. The summed E-state index contributed by atoms with van der Waals surface area (Å²) in [5.74, 6) is 1.41. The van der Waals surface area contributed by atoms with Crippen molar-refractivity contribution in [2.45, 2.75) is 0 Å². The van der Waals surface area contributed by atoms with E-state index in [9.17, 15) is 0 Å². The summed E-state index contributed by atoms with van der Waals surface area (Å²) in [5, 5.41) is 4.46. The lowest BCUT2D eigenvalue weighted by molar-refractivity contribution is 1.26. The number of hydrogen-bond acceptors (Lipinski definition) is 4. The van der Waals surface area contributed by atoms with Crippen LogP contribution in [-0.4, -0.2) is 19.9 Å². The first-order valence-electron chi connectivity index (χ1n) is 7.93. The van der Waals surface area contributed by atoms with Crippen LogP contribution in [0.4, 0.5) is 11.5 Å². The molecule has 1 aromatic carbocycles. The number of hydrogen-bond donors (Lipinski definition) is 2. The highest BCUT2D eigenvalue weighted by molar-refractivity contribution is 6.36. The minimum atomic E-state index is 0.542. The topological polar surface area (TPSA) is 66.5 Å². The largest absolute Gasteiger partial charge is 0.338 e. The Labute approximate surface area is 159 Å². The van der Waals surface area contributed by atoms with Crippen LogP contribution in [0.2, 0.25) is 10.0 Å². The summed E-state index contributed by atoms with van der Waals surface area (Å²) in [4.78, 5) is 16.9. The highest BCUT2D eigenvalue weighted by Crippen LogP contribution is 2.43. The molecule has 5 rings (SSSR count). The molecule has 0 radical (unpaired) electrons. The molecule has 0 saturated heterocycles. The van der Waals surface area contributed by atoms with E-state index < -0.39 is 0 Å². The Hall–Kier alpha value is -2.89. The molecule has 0 unspecified atom stereocenters. The van der Waals surface area contributed by atoms with E-state index in [1.54, 1.807) is 30.7 Å². The van der Waals surface area contributed by atoms with Crippen molar-refractivity contribution in [1.29, 1.82) is 0 Å². The number of aromatic amines is 1. The van der Waals surface area contributed by atoms with Crippen molar-refractivity contribution < 1.29 is 0 Å². The van der Waals surface area contributed by atoms with E-state index in [2.05, 4.69) is 20.3 Å². The summed E-state index contributed by atoms with van der Waals surface area (Å²) in [6.07, 6.45) is 5.28. The second-order valence-electron chi connectivity index (χ2n) is 5.88. The van der Waals surface area contributed by atoms with Crippen LogP contribution in [-0.2, 0) is 0 Å². The van der Waals surface area contributed by atoms with Crippen LogP contribution in [0.15, 0.2) is 55.0 Å². The highest BCUT2D eigenvalue weighted by atomic mass is 35.5. The lowest BCUT2D eigenvalue weighted by atomic mass is 10.1. The SMILES string of the molecule is Clc1ccc(-c2nc3c([nH]2)-c2ccncc2Nc2ncccc2-3)c(Cl)c1. The standard InChI is InChI=1S/C19H11Cl2N5/c20-10-3-4-11(14(21)8-10)19-25-16-12-5-7-22-9-15(12)24-18-13(17(16)26-19)2-1-6-23-18/h1-9H,(H,23,24)(H,25,26). The van der Waals surface area contributed by atoms with Gasteiger partial charge in [0.15, 0.2) is 0 Å². The molecule has 0 spiro atoms. The van der Waals surface area contributed by atoms with Gasteiger partial charge in [0, 0.05) is 34.1 Å². The van der Waals surface area contributed by atoms with Gasteiger partial charge in [-0.05, 0) is 36.4 Å². The number of pyridine rings is 2. The molecule has 3 aromatic heterocycles. The Balaban J connectivity index is 1.80. The van der Waals surface area contributed by atoms with E-state index in [1.807, 2.05) is 24.3 Å². The van der Waals surface area contributed by atoms with Crippen LogP contribution in [0.3, 0.4) is 0 Å². The van der Waals surface area contributed by atoms with Crippen LogP contribution in [0.5, 0.6) is 0 Å². The maximum Gasteiger partial charge on any atom is 0.140 e. The zero-order valence-corrected chi connectivity index (χ0v) is 14.8. The third-order valence-corrected chi connectivity index (χ3v) is 4.84. The van der Waals surface area contributed by atoms with Gasteiger partial charge in [-0.1, -0.05) is 23.2 Å². The minimum Gasteiger partial charge on any atom is -0.338 e. The lowest BCUT2D eigenvalue weighted by Crippen LogP contribution is -1.95. The zero-order chi connectivity index (χ0) is 17.7. The van der Waals surface area contributed by atoms with Gasteiger partial charge in [-0.25, -0.2) is 9.97 Å². The summed E-state index contributed by atoms with van der Waals surface area (Å²) in [5.41, 5.74) is 5.24. The normalized spacial score (nSPS) is 11.8. The number of nitrogens with one attached hydrogen (secondary N) is 2. The second kappa shape index (κ2) is 5.83. The van der Waals surface area contributed by atoms with Crippen LogP contribution in [0, 0.1) is 0 Å². The number of aromatic nitrogens is 4. The molecule has 0 atom stereocenters. The Kier molecular flexibility index (Phi) is 3.45. The minimum absolute atomic E-state index is 0.542. The summed E-state index contributed by atoms with van der Waals surface area (Å²) in [6.45, 7) is 0. The summed E-state index contributed by atoms with van der Waals surface area (Å²) < 4.78 is 0. The molecule has 4 heterocycles. The molecule has 5 nitrogen and oxygen atoms in total. The maximum atomic E-state index is 6.38. The molecule has 26 heavy (non-hydrogen) atoms. The molecule has 1 aliphatic heterocycles. The highest BCUT2D eigenvalue weighted by Gasteiger charge is 2.24.